The highest BCUT2D eigenvalue weighted by atomic mass is 16.5. The topological polar surface area (TPSA) is 68.5 Å². The number of nitrogens with zero attached hydrogens (tertiary/aromatic N) is 3. The summed E-state index contributed by atoms with van der Waals surface area (Å²) in [5.74, 6) is -0.146. The van der Waals surface area contributed by atoms with Crippen molar-refractivity contribution in [3.8, 4) is 0 Å². The molecule has 0 saturated carbocycles. The van der Waals surface area contributed by atoms with E-state index in [0.717, 1.165) is 17.8 Å². The maximum Gasteiger partial charge on any atom is 0.256 e. The molecule has 0 atom stereocenters. The molecule has 114 valence electrons. The fraction of sp³-hybridized carbons (Fsp3) is 0.533. The van der Waals surface area contributed by atoms with E-state index in [-0.39, 0.29) is 12.0 Å². The van der Waals surface area contributed by atoms with Crippen LogP contribution in [0.25, 0.3) is 5.65 Å². The van der Waals surface area contributed by atoms with E-state index in [9.17, 15) is 4.79 Å². The molecule has 21 heavy (non-hydrogen) atoms. The van der Waals surface area contributed by atoms with Gasteiger partial charge in [-0.15, -0.1) is 0 Å². The number of fused-ring (bicyclic) bond motifs is 1. The van der Waals surface area contributed by atoms with Crippen LogP contribution in [0.5, 0.6) is 0 Å². The number of ether oxygens (including phenoxy) is 1. The Morgan fingerprint density at radius 2 is 2.19 bits per heavy atom. The van der Waals surface area contributed by atoms with E-state index in [1.807, 2.05) is 33.8 Å². The standard InChI is InChI=1S/C15H22N4O2/c1-10(2)21-7-5-6-16-15(20)13-9-17-19-12(4)8-11(3)18-14(13)19/h8-10H,5-7H2,1-4H3,(H,16,20). The van der Waals surface area contributed by atoms with Crippen LogP contribution in [-0.2, 0) is 4.74 Å². The Labute approximate surface area is 124 Å². The summed E-state index contributed by atoms with van der Waals surface area (Å²) >= 11 is 0. The summed E-state index contributed by atoms with van der Waals surface area (Å²) < 4.78 is 7.12. The van der Waals surface area contributed by atoms with Crippen molar-refractivity contribution < 1.29 is 9.53 Å². The number of amides is 1. The first-order valence-corrected chi connectivity index (χ1v) is 7.21. The second-order valence-corrected chi connectivity index (χ2v) is 5.36. The second kappa shape index (κ2) is 6.67. The van der Waals surface area contributed by atoms with Crippen LogP contribution in [0.4, 0.5) is 0 Å². The zero-order chi connectivity index (χ0) is 15.4. The highest BCUT2D eigenvalue weighted by Gasteiger charge is 2.14. The van der Waals surface area contributed by atoms with Gasteiger partial charge in [0.2, 0.25) is 0 Å². The molecule has 6 heteroatoms. The average Bonchev–Trinajstić information content (AvgIpc) is 2.81. The van der Waals surface area contributed by atoms with Gasteiger partial charge in [-0.1, -0.05) is 0 Å². The van der Waals surface area contributed by atoms with Gasteiger partial charge in [0.1, 0.15) is 5.56 Å². The number of aromatic nitrogens is 3. The van der Waals surface area contributed by atoms with E-state index in [2.05, 4.69) is 15.4 Å². The second-order valence-electron chi connectivity index (χ2n) is 5.36. The molecule has 2 aromatic heterocycles. The number of carbonyl (C=O) groups is 1. The molecule has 0 unspecified atom stereocenters. The molecule has 0 aromatic carbocycles. The maximum absolute atomic E-state index is 12.2. The third kappa shape index (κ3) is 3.78. The summed E-state index contributed by atoms with van der Waals surface area (Å²) in [6.07, 6.45) is 2.57. The normalized spacial score (nSPS) is 11.3. The lowest BCUT2D eigenvalue weighted by Crippen LogP contribution is -2.25. The summed E-state index contributed by atoms with van der Waals surface area (Å²) in [5.41, 5.74) is 2.94. The van der Waals surface area contributed by atoms with Gasteiger partial charge in [0.15, 0.2) is 5.65 Å². The minimum absolute atomic E-state index is 0.146. The smallest absolute Gasteiger partial charge is 0.256 e. The van der Waals surface area contributed by atoms with Crippen LogP contribution in [0.15, 0.2) is 12.3 Å². The quantitative estimate of drug-likeness (QED) is 0.825. The zero-order valence-corrected chi connectivity index (χ0v) is 13.0. The van der Waals surface area contributed by atoms with Gasteiger partial charge in [-0.25, -0.2) is 9.50 Å². The van der Waals surface area contributed by atoms with Crippen LogP contribution in [-0.4, -0.2) is 39.8 Å². The van der Waals surface area contributed by atoms with Crippen molar-refractivity contribution in [1.82, 2.24) is 19.9 Å². The molecule has 0 fully saturated rings. The highest BCUT2D eigenvalue weighted by molar-refractivity contribution is 5.99. The molecule has 0 radical (unpaired) electrons. The lowest BCUT2D eigenvalue weighted by Gasteiger charge is -2.08. The van der Waals surface area contributed by atoms with Gasteiger partial charge < -0.3 is 10.1 Å². The Kier molecular flexibility index (Phi) is 4.90. The Morgan fingerprint density at radius 1 is 1.43 bits per heavy atom. The lowest BCUT2D eigenvalue weighted by molar-refractivity contribution is 0.0757. The maximum atomic E-state index is 12.2. The molecule has 0 bridgehead atoms. The molecule has 1 N–H and O–H groups in total. The monoisotopic (exact) mass is 290 g/mol. The first-order chi connectivity index (χ1) is 9.99. The molecule has 1 amide bonds. The van der Waals surface area contributed by atoms with E-state index in [1.165, 1.54) is 0 Å². The van der Waals surface area contributed by atoms with E-state index in [4.69, 9.17) is 4.74 Å². The molecule has 2 rings (SSSR count). The summed E-state index contributed by atoms with van der Waals surface area (Å²) in [7, 11) is 0. The van der Waals surface area contributed by atoms with Crippen LogP contribution in [0, 0.1) is 13.8 Å². The van der Waals surface area contributed by atoms with E-state index in [0.29, 0.717) is 24.4 Å². The minimum atomic E-state index is -0.146. The molecule has 0 aliphatic rings. The van der Waals surface area contributed by atoms with Crippen molar-refractivity contribution >= 4 is 11.6 Å². The number of carbonyl (C=O) groups excluding carboxylic acids is 1. The van der Waals surface area contributed by atoms with Gasteiger partial charge in [-0.3, -0.25) is 4.79 Å². The van der Waals surface area contributed by atoms with Crippen LogP contribution in [0.3, 0.4) is 0 Å². The summed E-state index contributed by atoms with van der Waals surface area (Å²) in [6, 6.07) is 1.94. The zero-order valence-electron chi connectivity index (χ0n) is 13.0. The predicted molar refractivity (Wildman–Crippen MR) is 80.5 cm³/mol. The predicted octanol–water partition coefficient (Wildman–Crippen LogP) is 1.89. The molecule has 0 aliphatic carbocycles. The van der Waals surface area contributed by atoms with Crippen LogP contribution >= 0.6 is 0 Å². The van der Waals surface area contributed by atoms with E-state index in [1.54, 1.807) is 10.7 Å². The molecule has 0 spiro atoms. The number of hydrogen-bond acceptors (Lipinski definition) is 4. The molecule has 2 aromatic rings. The van der Waals surface area contributed by atoms with Gasteiger partial charge in [-0.05, 0) is 40.2 Å². The number of hydrogen-bond donors (Lipinski definition) is 1. The Morgan fingerprint density at radius 3 is 2.90 bits per heavy atom. The SMILES string of the molecule is Cc1cc(C)n2ncc(C(=O)NCCCOC(C)C)c2n1. The van der Waals surface area contributed by atoms with Crippen LogP contribution < -0.4 is 5.32 Å². The van der Waals surface area contributed by atoms with Crippen molar-refractivity contribution in [1.29, 1.82) is 0 Å². The fourth-order valence-corrected chi connectivity index (χ4v) is 2.12. The molecular weight excluding hydrogens is 268 g/mol. The van der Waals surface area contributed by atoms with Crippen molar-refractivity contribution in [2.24, 2.45) is 0 Å². The van der Waals surface area contributed by atoms with Gasteiger partial charge in [0.05, 0.1) is 12.3 Å². The number of aryl methyl sites for hydroxylation is 2. The molecule has 0 saturated heterocycles. The van der Waals surface area contributed by atoms with Gasteiger partial charge in [0.25, 0.3) is 5.91 Å². The first kappa shape index (κ1) is 15.4. The first-order valence-electron chi connectivity index (χ1n) is 7.21. The van der Waals surface area contributed by atoms with Gasteiger partial charge in [0, 0.05) is 24.5 Å². The van der Waals surface area contributed by atoms with Gasteiger partial charge >= 0.3 is 0 Å². The summed E-state index contributed by atoms with van der Waals surface area (Å²) in [4.78, 5) is 16.6. The van der Waals surface area contributed by atoms with E-state index < -0.39 is 0 Å². The molecule has 2 heterocycles. The summed E-state index contributed by atoms with van der Waals surface area (Å²) in [5, 5.41) is 7.09. The third-order valence-corrected chi connectivity index (χ3v) is 3.08. The van der Waals surface area contributed by atoms with Crippen molar-refractivity contribution in [3.05, 3.63) is 29.2 Å². The van der Waals surface area contributed by atoms with Crippen molar-refractivity contribution in [2.45, 2.75) is 40.2 Å². The molecule has 6 nitrogen and oxygen atoms in total. The summed E-state index contributed by atoms with van der Waals surface area (Å²) in [6.45, 7) is 9.06. The highest BCUT2D eigenvalue weighted by Crippen LogP contribution is 2.11. The van der Waals surface area contributed by atoms with Crippen LogP contribution in [0.2, 0.25) is 0 Å². The molecule has 0 aliphatic heterocycles. The number of rotatable bonds is 6. The Bertz CT molecular complexity index is 634. The van der Waals surface area contributed by atoms with Crippen molar-refractivity contribution in [3.63, 3.8) is 0 Å². The van der Waals surface area contributed by atoms with Crippen LogP contribution in [0.1, 0.15) is 42.0 Å². The number of nitrogens with one attached hydrogen (secondary N) is 1. The van der Waals surface area contributed by atoms with E-state index >= 15 is 0 Å². The largest absolute Gasteiger partial charge is 0.379 e. The average molecular weight is 290 g/mol. The van der Waals surface area contributed by atoms with Gasteiger partial charge in [-0.2, -0.15) is 5.10 Å². The lowest BCUT2D eigenvalue weighted by atomic mass is 10.3. The Hall–Kier alpha value is -1.95. The Balaban J connectivity index is 2.00. The third-order valence-electron chi connectivity index (χ3n) is 3.08. The molecular formula is C15H22N4O2. The minimum Gasteiger partial charge on any atom is -0.379 e. The fourth-order valence-electron chi connectivity index (χ4n) is 2.12. The van der Waals surface area contributed by atoms with Crippen molar-refractivity contribution in [2.75, 3.05) is 13.2 Å².